The highest BCUT2D eigenvalue weighted by molar-refractivity contribution is 6.32. The standard InChI is InChI=1S/C22H21ClF2N2O3/c1-11-3-4-12-9-17(26-21(28)13-7-15(25)8-13)22(29)27(2)19(12)20(11)30-18-10-14(24)5-6-16(18)23/h3-6,10,13,15,17H,7-9H2,1-2H3,(H,26,28). The number of hydrogen-bond donors (Lipinski definition) is 1. The van der Waals surface area contributed by atoms with Gasteiger partial charge in [0.2, 0.25) is 11.8 Å². The first kappa shape index (κ1) is 20.6. The zero-order valence-corrected chi connectivity index (χ0v) is 17.3. The summed E-state index contributed by atoms with van der Waals surface area (Å²) < 4.78 is 32.6. The van der Waals surface area contributed by atoms with Crippen LogP contribution in [0.15, 0.2) is 30.3 Å². The van der Waals surface area contributed by atoms with Gasteiger partial charge >= 0.3 is 0 Å². The van der Waals surface area contributed by atoms with Crippen LogP contribution in [-0.4, -0.2) is 31.1 Å². The Kier molecular flexibility index (Phi) is 5.40. The third-order valence-electron chi connectivity index (χ3n) is 5.67. The quantitative estimate of drug-likeness (QED) is 0.779. The molecule has 0 saturated heterocycles. The van der Waals surface area contributed by atoms with E-state index >= 15 is 0 Å². The van der Waals surface area contributed by atoms with Crippen molar-refractivity contribution < 1.29 is 23.1 Å². The van der Waals surface area contributed by atoms with Crippen molar-refractivity contribution in [2.24, 2.45) is 5.92 Å². The van der Waals surface area contributed by atoms with Crippen LogP contribution in [0.2, 0.25) is 5.02 Å². The third-order valence-corrected chi connectivity index (χ3v) is 5.99. The number of aryl methyl sites for hydroxylation is 1. The summed E-state index contributed by atoms with van der Waals surface area (Å²) >= 11 is 6.14. The van der Waals surface area contributed by atoms with Crippen LogP contribution in [0.25, 0.3) is 0 Å². The molecule has 5 nitrogen and oxygen atoms in total. The van der Waals surface area contributed by atoms with E-state index in [2.05, 4.69) is 5.32 Å². The summed E-state index contributed by atoms with van der Waals surface area (Å²) in [5.41, 5.74) is 2.10. The molecule has 4 rings (SSSR count). The van der Waals surface area contributed by atoms with Crippen molar-refractivity contribution in [1.29, 1.82) is 0 Å². The summed E-state index contributed by atoms with van der Waals surface area (Å²) in [5, 5.41) is 3.00. The molecule has 2 aliphatic rings. The number of carbonyl (C=O) groups is 2. The molecule has 8 heteroatoms. The SMILES string of the molecule is Cc1ccc2c(c1Oc1cc(F)ccc1Cl)N(C)C(=O)C(NC(=O)C1CC(F)C1)C2. The Labute approximate surface area is 178 Å². The molecule has 0 aromatic heterocycles. The average Bonchev–Trinajstić information content (AvgIpc) is 2.68. The summed E-state index contributed by atoms with van der Waals surface area (Å²) in [7, 11) is 1.60. The number of alkyl halides is 1. The molecule has 30 heavy (non-hydrogen) atoms. The number of rotatable bonds is 4. The van der Waals surface area contributed by atoms with Crippen molar-refractivity contribution in [2.45, 2.75) is 38.4 Å². The maximum atomic E-state index is 13.7. The Morgan fingerprint density at radius 2 is 2.00 bits per heavy atom. The Balaban J connectivity index is 1.62. The van der Waals surface area contributed by atoms with Gasteiger partial charge in [-0.05, 0) is 43.0 Å². The Bertz CT molecular complexity index is 1020. The van der Waals surface area contributed by atoms with E-state index in [0.717, 1.165) is 11.1 Å². The summed E-state index contributed by atoms with van der Waals surface area (Å²) in [6.07, 6.45) is -0.262. The summed E-state index contributed by atoms with van der Waals surface area (Å²) in [6, 6.07) is 6.79. The summed E-state index contributed by atoms with van der Waals surface area (Å²) in [6.45, 7) is 1.82. The fourth-order valence-electron chi connectivity index (χ4n) is 3.86. The van der Waals surface area contributed by atoms with E-state index in [1.54, 1.807) is 7.05 Å². The fraction of sp³-hybridized carbons (Fsp3) is 0.364. The first-order valence-corrected chi connectivity index (χ1v) is 10.1. The van der Waals surface area contributed by atoms with Crippen LogP contribution >= 0.6 is 11.6 Å². The molecule has 2 aromatic rings. The predicted octanol–water partition coefficient (Wildman–Crippen LogP) is 4.33. The van der Waals surface area contributed by atoms with Gasteiger partial charge in [0, 0.05) is 25.5 Å². The molecule has 0 bridgehead atoms. The van der Waals surface area contributed by atoms with E-state index in [4.69, 9.17) is 16.3 Å². The summed E-state index contributed by atoms with van der Waals surface area (Å²) in [4.78, 5) is 26.7. The number of ether oxygens (including phenoxy) is 1. The molecular weight excluding hydrogens is 414 g/mol. The molecule has 1 fully saturated rings. The van der Waals surface area contributed by atoms with E-state index in [0.29, 0.717) is 11.4 Å². The monoisotopic (exact) mass is 434 g/mol. The predicted molar refractivity (Wildman–Crippen MR) is 109 cm³/mol. The van der Waals surface area contributed by atoms with Crippen LogP contribution < -0.4 is 15.0 Å². The zero-order valence-electron chi connectivity index (χ0n) is 16.5. The molecule has 158 valence electrons. The zero-order chi connectivity index (χ0) is 21.6. The number of benzene rings is 2. The van der Waals surface area contributed by atoms with Crippen LogP contribution in [0.5, 0.6) is 11.5 Å². The number of hydrogen-bond acceptors (Lipinski definition) is 3. The first-order valence-electron chi connectivity index (χ1n) is 9.72. The maximum absolute atomic E-state index is 13.7. The highest BCUT2D eigenvalue weighted by Crippen LogP contribution is 2.42. The number of fused-ring (bicyclic) bond motifs is 1. The van der Waals surface area contributed by atoms with E-state index in [9.17, 15) is 18.4 Å². The number of amides is 2. The topological polar surface area (TPSA) is 58.6 Å². The Morgan fingerprint density at radius 1 is 1.27 bits per heavy atom. The minimum Gasteiger partial charge on any atom is -0.453 e. The molecule has 1 saturated carbocycles. The molecule has 1 unspecified atom stereocenters. The molecule has 2 amide bonds. The Hall–Kier alpha value is -2.67. The van der Waals surface area contributed by atoms with E-state index in [1.807, 2.05) is 19.1 Å². The van der Waals surface area contributed by atoms with Gasteiger partial charge in [-0.25, -0.2) is 8.78 Å². The van der Waals surface area contributed by atoms with Crippen LogP contribution in [0, 0.1) is 18.7 Å². The average molecular weight is 435 g/mol. The van der Waals surface area contributed by atoms with E-state index in [-0.39, 0.29) is 47.8 Å². The van der Waals surface area contributed by atoms with Crippen LogP contribution in [0.4, 0.5) is 14.5 Å². The van der Waals surface area contributed by atoms with Crippen molar-refractivity contribution in [3.8, 4) is 11.5 Å². The lowest BCUT2D eigenvalue weighted by Gasteiger charge is -2.35. The molecular formula is C22H21ClF2N2O3. The van der Waals surface area contributed by atoms with Gasteiger partial charge < -0.3 is 15.0 Å². The number of likely N-dealkylation sites (N-methyl/N-ethyl adjacent to an activating group) is 1. The highest BCUT2D eigenvalue weighted by atomic mass is 35.5. The van der Waals surface area contributed by atoms with Crippen molar-refractivity contribution in [3.05, 3.63) is 52.3 Å². The number of nitrogens with one attached hydrogen (secondary N) is 1. The lowest BCUT2D eigenvalue weighted by Crippen LogP contribution is -2.54. The summed E-state index contributed by atoms with van der Waals surface area (Å²) in [5.74, 6) is -0.917. The smallest absolute Gasteiger partial charge is 0.249 e. The van der Waals surface area contributed by atoms with Gasteiger partial charge in [-0.3, -0.25) is 9.59 Å². The molecule has 1 aliphatic heterocycles. The van der Waals surface area contributed by atoms with Crippen molar-refractivity contribution in [2.75, 3.05) is 11.9 Å². The van der Waals surface area contributed by atoms with Gasteiger partial charge in [0.1, 0.15) is 23.8 Å². The van der Waals surface area contributed by atoms with E-state index in [1.165, 1.54) is 23.1 Å². The van der Waals surface area contributed by atoms with Crippen LogP contribution in [0.1, 0.15) is 24.0 Å². The fourth-order valence-corrected chi connectivity index (χ4v) is 4.01. The lowest BCUT2D eigenvalue weighted by atomic mass is 9.82. The normalized spacial score (nSPS) is 22.9. The largest absolute Gasteiger partial charge is 0.453 e. The number of nitrogens with zero attached hydrogens (tertiary/aromatic N) is 1. The minimum atomic E-state index is -0.941. The van der Waals surface area contributed by atoms with Gasteiger partial charge in [-0.15, -0.1) is 0 Å². The molecule has 2 aromatic carbocycles. The molecule has 1 N–H and O–H groups in total. The van der Waals surface area contributed by atoms with Crippen molar-refractivity contribution in [1.82, 2.24) is 5.32 Å². The lowest BCUT2D eigenvalue weighted by molar-refractivity contribution is -0.133. The van der Waals surface area contributed by atoms with Gasteiger partial charge in [-0.1, -0.05) is 23.7 Å². The third kappa shape index (κ3) is 3.74. The van der Waals surface area contributed by atoms with Gasteiger partial charge in [-0.2, -0.15) is 0 Å². The van der Waals surface area contributed by atoms with Crippen molar-refractivity contribution >= 4 is 29.1 Å². The van der Waals surface area contributed by atoms with Gasteiger partial charge in [0.25, 0.3) is 0 Å². The molecule has 1 atom stereocenters. The first-order chi connectivity index (χ1) is 14.2. The number of anilines is 1. The minimum absolute atomic E-state index is 0.148. The highest BCUT2D eigenvalue weighted by Gasteiger charge is 2.39. The second-order valence-corrected chi connectivity index (χ2v) is 8.23. The number of halogens is 3. The van der Waals surface area contributed by atoms with Crippen LogP contribution in [-0.2, 0) is 16.0 Å². The number of carbonyl (C=O) groups excluding carboxylic acids is 2. The van der Waals surface area contributed by atoms with Gasteiger partial charge in [0.05, 0.1) is 10.7 Å². The molecule has 1 heterocycles. The Morgan fingerprint density at radius 3 is 2.70 bits per heavy atom. The molecule has 1 aliphatic carbocycles. The van der Waals surface area contributed by atoms with Crippen LogP contribution in [0.3, 0.4) is 0 Å². The van der Waals surface area contributed by atoms with Crippen molar-refractivity contribution in [3.63, 3.8) is 0 Å². The molecule has 0 spiro atoms. The van der Waals surface area contributed by atoms with Gasteiger partial charge in [0.15, 0.2) is 5.75 Å². The second kappa shape index (κ2) is 7.87. The van der Waals surface area contributed by atoms with E-state index < -0.39 is 18.0 Å². The maximum Gasteiger partial charge on any atom is 0.249 e. The second-order valence-electron chi connectivity index (χ2n) is 7.82. The molecule has 0 radical (unpaired) electrons.